The predicted molar refractivity (Wildman–Crippen MR) is 98.2 cm³/mol. The molecule has 0 fully saturated rings. The Bertz CT molecular complexity index is 788. The van der Waals surface area contributed by atoms with Gasteiger partial charge in [-0.05, 0) is 57.2 Å². The SMILES string of the molecule is CC(C)(C)Oc1c(Cl)cc(C(=O)Nc2ccc(C(=O)O)cc2)cc1Cl. The van der Waals surface area contributed by atoms with Gasteiger partial charge in [-0.3, -0.25) is 4.79 Å². The zero-order chi connectivity index (χ0) is 18.8. The highest BCUT2D eigenvalue weighted by Crippen LogP contribution is 2.36. The van der Waals surface area contributed by atoms with E-state index in [4.69, 9.17) is 33.0 Å². The van der Waals surface area contributed by atoms with Crippen LogP contribution in [0.15, 0.2) is 36.4 Å². The molecular weight excluding hydrogens is 365 g/mol. The monoisotopic (exact) mass is 381 g/mol. The average molecular weight is 382 g/mol. The van der Waals surface area contributed by atoms with E-state index in [1.165, 1.54) is 36.4 Å². The molecular formula is C18H17Cl2NO4. The van der Waals surface area contributed by atoms with E-state index >= 15 is 0 Å². The molecule has 2 rings (SSSR count). The predicted octanol–water partition coefficient (Wildman–Crippen LogP) is 5.12. The van der Waals surface area contributed by atoms with Gasteiger partial charge in [0.05, 0.1) is 15.6 Å². The molecule has 5 nitrogen and oxygen atoms in total. The molecule has 0 saturated heterocycles. The Hall–Kier alpha value is -2.24. The van der Waals surface area contributed by atoms with Gasteiger partial charge in [-0.15, -0.1) is 0 Å². The van der Waals surface area contributed by atoms with Gasteiger partial charge >= 0.3 is 5.97 Å². The molecule has 132 valence electrons. The third-order valence-corrected chi connectivity index (χ3v) is 3.62. The zero-order valence-electron chi connectivity index (χ0n) is 13.9. The number of ether oxygens (including phenoxy) is 1. The molecule has 2 aromatic carbocycles. The van der Waals surface area contributed by atoms with Crippen LogP contribution in [0.4, 0.5) is 5.69 Å². The minimum atomic E-state index is -1.04. The maximum absolute atomic E-state index is 12.3. The number of benzene rings is 2. The van der Waals surface area contributed by atoms with Crippen molar-refractivity contribution in [3.63, 3.8) is 0 Å². The summed E-state index contributed by atoms with van der Waals surface area (Å²) in [6.45, 7) is 5.59. The summed E-state index contributed by atoms with van der Waals surface area (Å²) < 4.78 is 5.70. The minimum absolute atomic E-state index is 0.132. The first kappa shape index (κ1) is 19.1. The van der Waals surface area contributed by atoms with Crippen LogP contribution in [0.2, 0.25) is 10.0 Å². The summed E-state index contributed by atoms with van der Waals surface area (Å²) >= 11 is 12.4. The largest absolute Gasteiger partial charge is 0.485 e. The summed E-state index contributed by atoms with van der Waals surface area (Å²) in [6.07, 6.45) is 0. The molecule has 0 radical (unpaired) electrons. The van der Waals surface area contributed by atoms with Gasteiger partial charge in [-0.2, -0.15) is 0 Å². The fourth-order valence-corrected chi connectivity index (χ4v) is 2.56. The Morgan fingerprint density at radius 2 is 1.52 bits per heavy atom. The van der Waals surface area contributed by atoms with Crippen molar-refractivity contribution in [2.24, 2.45) is 0 Å². The van der Waals surface area contributed by atoms with E-state index in [0.29, 0.717) is 11.4 Å². The fraction of sp³-hybridized carbons (Fsp3) is 0.222. The third-order valence-electron chi connectivity index (χ3n) is 3.06. The van der Waals surface area contributed by atoms with Crippen molar-refractivity contribution < 1.29 is 19.4 Å². The number of hydrogen-bond donors (Lipinski definition) is 2. The average Bonchev–Trinajstić information content (AvgIpc) is 2.50. The van der Waals surface area contributed by atoms with E-state index in [2.05, 4.69) is 5.32 Å². The Morgan fingerprint density at radius 1 is 1.00 bits per heavy atom. The Balaban J connectivity index is 2.20. The maximum Gasteiger partial charge on any atom is 0.335 e. The van der Waals surface area contributed by atoms with Crippen molar-refractivity contribution in [3.8, 4) is 5.75 Å². The number of carbonyl (C=O) groups excluding carboxylic acids is 1. The van der Waals surface area contributed by atoms with Gasteiger partial charge in [0, 0.05) is 11.3 Å². The molecule has 0 aromatic heterocycles. The van der Waals surface area contributed by atoms with Crippen LogP contribution in [-0.4, -0.2) is 22.6 Å². The Labute approximate surface area is 155 Å². The molecule has 0 atom stereocenters. The molecule has 1 amide bonds. The topological polar surface area (TPSA) is 75.6 Å². The molecule has 2 N–H and O–H groups in total. The summed E-state index contributed by atoms with van der Waals surface area (Å²) in [5.41, 5.74) is 0.367. The van der Waals surface area contributed by atoms with Gasteiger partial charge in [0.1, 0.15) is 5.60 Å². The summed E-state index contributed by atoms with van der Waals surface area (Å²) in [5.74, 6) is -1.14. The quantitative estimate of drug-likeness (QED) is 0.770. The number of halogens is 2. The standard InChI is InChI=1S/C18H17Cl2NO4/c1-18(2,3)25-15-13(19)8-11(9-14(15)20)16(22)21-12-6-4-10(5-7-12)17(23)24/h4-9H,1-3H3,(H,21,22)(H,23,24). The van der Waals surface area contributed by atoms with Crippen LogP contribution >= 0.6 is 23.2 Å². The van der Waals surface area contributed by atoms with Crippen LogP contribution in [-0.2, 0) is 0 Å². The van der Waals surface area contributed by atoms with Crippen molar-refractivity contribution in [1.29, 1.82) is 0 Å². The smallest absolute Gasteiger partial charge is 0.335 e. The number of carboxylic acid groups (broad SMARTS) is 1. The van der Waals surface area contributed by atoms with E-state index < -0.39 is 17.5 Å². The van der Waals surface area contributed by atoms with Crippen molar-refractivity contribution in [3.05, 3.63) is 57.6 Å². The summed E-state index contributed by atoms with van der Waals surface area (Å²) in [7, 11) is 0. The summed E-state index contributed by atoms with van der Waals surface area (Å²) in [6, 6.07) is 8.74. The van der Waals surface area contributed by atoms with Crippen LogP contribution in [0.5, 0.6) is 5.75 Å². The van der Waals surface area contributed by atoms with E-state index in [1.807, 2.05) is 20.8 Å². The number of carbonyl (C=O) groups is 2. The lowest BCUT2D eigenvalue weighted by Crippen LogP contribution is -2.23. The van der Waals surface area contributed by atoms with Gasteiger partial charge in [0.25, 0.3) is 5.91 Å². The van der Waals surface area contributed by atoms with Gasteiger partial charge in [-0.25, -0.2) is 4.79 Å². The lowest BCUT2D eigenvalue weighted by Gasteiger charge is -2.23. The molecule has 0 unspecified atom stereocenters. The summed E-state index contributed by atoms with van der Waals surface area (Å²) in [5, 5.41) is 12.0. The molecule has 0 aliphatic rings. The van der Waals surface area contributed by atoms with Gasteiger partial charge in [-0.1, -0.05) is 23.2 Å². The number of aromatic carboxylic acids is 1. The Morgan fingerprint density at radius 3 is 1.96 bits per heavy atom. The first-order valence-electron chi connectivity index (χ1n) is 7.39. The molecule has 0 aliphatic heterocycles. The van der Waals surface area contributed by atoms with E-state index in [0.717, 1.165) is 0 Å². The minimum Gasteiger partial charge on any atom is -0.485 e. The van der Waals surface area contributed by atoms with Crippen LogP contribution in [0.1, 0.15) is 41.5 Å². The third kappa shape index (κ3) is 5.11. The lowest BCUT2D eigenvalue weighted by molar-refractivity contribution is 0.0696. The van der Waals surface area contributed by atoms with Gasteiger partial charge in [0.2, 0.25) is 0 Å². The Kier molecular flexibility index (Phi) is 5.60. The second-order valence-electron chi connectivity index (χ2n) is 6.32. The molecule has 0 heterocycles. The number of anilines is 1. The van der Waals surface area contributed by atoms with Gasteiger partial charge < -0.3 is 15.2 Å². The normalized spacial score (nSPS) is 11.1. The second-order valence-corrected chi connectivity index (χ2v) is 7.13. The molecule has 0 aliphatic carbocycles. The van der Waals surface area contributed by atoms with Crippen LogP contribution in [0, 0.1) is 0 Å². The van der Waals surface area contributed by atoms with Crippen molar-refractivity contribution in [1.82, 2.24) is 0 Å². The molecule has 2 aromatic rings. The number of carboxylic acids is 1. The van der Waals surface area contributed by atoms with Crippen LogP contribution in [0.3, 0.4) is 0 Å². The highest BCUT2D eigenvalue weighted by atomic mass is 35.5. The molecule has 0 spiro atoms. The lowest BCUT2D eigenvalue weighted by atomic mass is 10.1. The van der Waals surface area contributed by atoms with Crippen molar-refractivity contribution in [2.45, 2.75) is 26.4 Å². The highest BCUT2D eigenvalue weighted by Gasteiger charge is 2.19. The number of rotatable bonds is 4. The number of amides is 1. The first-order valence-corrected chi connectivity index (χ1v) is 8.15. The van der Waals surface area contributed by atoms with Crippen LogP contribution in [0.25, 0.3) is 0 Å². The van der Waals surface area contributed by atoms with E-state index in [1.54, 1.807) is 0 Å². The number of hydrogen-bond acceptors (Lipinski definition) is 3. The number of nitrogens with one attached hydrogen (secondary N) is 1. The zero-order valence-corrected chi connectivity index (χ0v) is 15.4. The van der Waals surface area contributed by atoms with E-state index in [-0.39, 0.29) is 21.2 Å². The molecule has 0 bridgehead atoms. The van der Waals surface area contributed by atoms with Crippen molar-refractivity contribution >= 4 is 40.8 Å². The summed E-state index contributed by atoms with van der Waals surface area (Å²) in [4.78, 5) is 23.2. The van der Waals surface area contributed by atoms with Crippen molar-refractivity contribution in [2.75, 3.05) is 5.32 Å². The highest BCUT2D eigenvalue weighted by molar-refractivity contribution is 6.37. The van der Waals surface area contributed by atoms with E-state index in [9.17, 15) is 9.59 Å². The first-order chi connectivity index (χ1) is 11.6. The molecule has 25 heavy (non-hydrogen) atoms. The second kappa shape index (κ2) is 7.33. The van der Waals surface area contributed by atoms with Crippen LogP contribution < -0.4 is 10.1 Å². The fourth-order valence-electron chi connectivity index (χ4n) is 1.99. The maximum atomic E-state index is 12.3. The molecule has 0 saturated carbocycles. The molecule has 7 heteroatoms. The van der Waals surface area contributed by atoms with Gasteiger partial charge in [0.15, 0.2) is 5.75 Å².